The fraction of sp³-hybridized carbons (Fsp3) is 0.625. The van der Waals surface area contributed by atoms with Crippen molar-refractivity contribution in [2.24, 2.45) is 23.2 Å². The minimum Gasteiger partial charge on any atom is -0.466 e. The van der Waals surface area contributed by atoms with E-state index in [-0.39, 0.29) is 29.3 Å². The Morgan fingerprint density at radius 2 is 2.07 bits per heavy atom. The Bertz CT molecular complexity index is 763. The van der Waals surface area contributed by atoms with E-state index >= 15 is 0 Å². The van der Waals surface area contributed by atoms with Crippen molar-refractivity contribution in [1.82, 2.24) is 4.90 Å². The number of amides is 1. The number of ether oxygens (including phenoxy) is 1. The molecule has 0 aromatic heterocycles. The number of likely N-dealkylation sites (tertiary alicyclic amines) is 1. The van der Waals surface area contributed by atoms with Gasteiger partial charge in [0.15, 0.2) is 0 Å². The molecule has 1 amide bonds. The highest BCUT2D eigenvalue weighted by Crippen LogP contribution is 2.64. The van der Waals surface area contributed by atoms with Gasteiger partial charge >= 0.3 is 5.97 Å². The van der Waals surface area contributed by atoms with Crippen LogP contribution in [0.2, 0.25) is 0 Å². The zero-order valence-corrected chi connectivity index (χ0v) is 17.2. The molecule has 1 heterocycles. The number of benzene rings is 1. The van der Waals surface area contributed by atoms with Gasteiger partial charge in [-0.15, -0.1) is 0 Å². The number of rotatable bonds is 8. The minimum absolute atomic E-state index is 0.0496. The van der Waals surface area contributed by atoms with Crippen molar-refractivity contribution in [3.8, 4) is 0 Å². The number of aldehydes is 1. The first-order chi connectivity index (χ1) is 14.0. The highest BCUT2D eigenvalue weighted by Gasteiger charge is 2.59. The average Bonchev–Trinajstić information content (AvgIpc) is 3.02. The molecule has 1 aromatic rings. The molecule has 2 unspecified atom stereocenters. The van der Waals surface area contributed by atoms with E-state index in [2.05, 4.69) is 12.1 Å². The van der Waals surface area contributed by atoms with Gasteiger partial charge < -0.3 is 14.4 Å². The zero-order chi connectivity index (χ0) is 20.4. The van der Waals surface area contributed by atoms with E-state index in [9.17, 15) is 14.4 Å². The van der Waals surface area contributed by atoms with E-state index < -0.39 is 0 Å². The van der Waals surface area contributed by atoms with Crippen LogP contribution in [0.15, 0.2) is 30.3 Å². The molecule has 3 saturated carbocycles. The molecule has 4 aliphatic rings. The lowest BCUT2D eigenvalue weighted by Gasteiger charge is -2.61. The van der Waals surface area contributed by atoms with Crippen molar-refractivity contribution in [3.05, 3.63) is 35.9 Å². The second-order valence-corrected chi connectivity index (χ2v) is 9.21. The monoisotopic (exact) mass is 397 g/mol. The Morgan fingerprint density at radius 1 is 1.28 bits per heavy atom. The lowest BCUT2D eigenvalue weighted by atomic mass is 9.43. The van der Waals surface area contributed by atoms with Gasteiger partial charge in [-0.05, 0) is 61.8 Å². The minimum atomic E-state index is -0.127. The quantitative estimate of drug-likeness (QED) is 0.495. The van der Waals surface area contributed by atoms with Gasteiger partial charge in [0.05, 0.1) is 6.61 Å². The van der Waals surface area contributed by atoms with Crippen LogP contribution in [0.3, 0.4) is 0 Å². The predicted molar refractivity (Wildman–Crippen MR) is 109 cm³/mol. The molecule has 5 heteroatoms. The van der Waals surface area contributed by atoms with Gasteiger partial charge in [-0.2, -0.15) is 0 Å². The van der Waals surface area contributed by atoms with Gasteiger partial charge in [0.1, 0.15) is 6.29 Å². The molecule has 3 aliphatic carbocycles. The number of nitrogens with zero attached hydrogens (tertiary/aromatic N) is 1. The second-order valence-electron chi connectivity index (χ2n) is 9.21. The Labute approximate surface area is 172 Å². The summed E-state index contributed by atoms with van der Waals surface area (Å²) < 4.78 is 5.15. The summed E-state index contributed by atoms with van der Waals surface area (Å²) in [5.74, 6) is 0.852. The summed E-state index contributed by atoms with van der Waals surface area (Å²) in [6.07, 6.45) is 6.84. The molecule has 0 radical (unpaired) electrons. The maximum atomic E-state index is 12.6. The first kappa shape index (κ1) is 20.1. The molecule has 156 valence electrons. The maximum absolute atomic E-state index is 12.6. The molecule has 0 N–H and O–H groups in total. The summed E-state index contributed by atoms with van der Waals surface area (Å²) in [5, 5.41) is 0. The van der Waals surface area contributed by atoms with Crippen LogP contribution in [0.1, 0.15) is 57.4 Å². The normalized spacial score (nSPS) is 33.3. The number of hydrogen-bond donors (Lipinski definition) is 0. The smallest absolute Gasteiger partial charge is 0.306 e. The largest absolute Gasteiger partial charge is 0.466 e. The van der Waals surface area contributed by atoms with Crippen molar-refractivity contribution < 1.29 is 19.1 Å². The second kappa shape index (κ2) is 8.29. The van der Waals surface area contributed by atoms with Crippen LogP contribution in [0.4, 0.5) is 0 Å². The standard InChI is InChI=1S/C24H31NO4/c1-2-29-23(28)11-18-10-19-13-24(12-18,21(19)16-26)14-20-8-9-22(27)25(20)15-17-6-4-3-5-7-17/h3-7,16,18-21H,2,8-15H2,1H3/t18-,19?,20+,21?,24-/m1/s1. The molecule has 2 bridgehead atoms. The van der Waals surface area contributed by atoms with Crippen LogP contribution >= 0.6 is 0 Å². The number of fused-ring (bicyclic) bond motifs is 2. The summed E-state index contributed by atoms with van der Waals surface area (Å²) >= 11 is 0. The summed E-state index contributed by atoms with van der Waals surface area (Å²) in [6.45, 7) is 2.89. The summed E-state index contributed by atoms with van der Waals surface area (Å²) in [6, 6.07) is 10.3. The third kappa shape index (κ3) is 3.96. The molecular weight excluding hydrogens is 366 g/mol. The van der Waals surface area contributed by atoms with Crippen molar-refractivity contribution in [2.75, 3.05) is 6.61 Å². The van der Waals surface area contributed by atoms with Crippen molar-refractivity contribution in [3.63, 3.8) is 0 Å². The first-order valence-electron chi connectivity index (χ1n) is 11.0. The number of esters is 1. The van der Waals surface area contributed by atoms with E-state index in [1.807, 2.05) is 30.0 Å². The number of hydrogen-bond acceptors (Lipinski definition) is 4. The van der Waals surface area contributed by atoms with Gasteiger partial charge in [0.2, 0.25) is 5.91 Å². The van der Waals surface area contributed by atoms with E-state index in [0.717, 1.165) is 44.0 Å². The number of carbonyl (C=O) groups is 3. The molecule has 5 atom stereocenters. The molecule has 5 nitrogen and oxygen atoms in total. The third-order valence-electron chi connectivity index (χ3n) is 7.41. The molecule has 1 aromatic carbocycles. The maximum Gasteiger partial charge on any atom is 0.306 e. The molecule has 29 heavy (non-hydrogen) atoms. The SMILES string of the molecule is CCOC(=O)C[C@H]1CC2C[C@@](C[C@@H]3CCC(=O)N3Cc3ccccc3)(C1)C2C=O. The molecular formula is C24H31NO4. The van der Waals surface area contributed by atoms with Gasteiger partial charge in [0, 0.05) is 31.3 Å². The van der Waals surface area contributed by atoms with Crippen LogP contribution in [-0.2, 0) is 25.7 Å². The summed E-state index contributed by atoms with van der Waals surface area (Å²) in [5.41, 5.74) is 1.10. The lowest BCUT2D eigenvalue weighted by Crippen LogP contribution is -2.57. The van der Waals surface area contributed by atoms with E-state index in [4.69, 9.17) is 4.74 Å². The van der Waals surface area contributed by atoms with Crippen molar-refractivity contribution >= 4 is 18.2 Å². The topological polar surface area (TPSA) is 63.7 Å². The number of carbonyl (C=O) groups excluding carboxylic acids is 3. The van der Waals surface area contributed by atoms with Crippen LogP contribution in [0.5, 0.6) is 0 Å². The molecule has 5 rings (SSSR count). The van der Waals surface area contributed by atoms with Gasteiger partial charge in [-0.25, -0.2) is 0 Å². The molecule has 1 saturated heterocycles. The Balaban J connectivity index is 1.46. The fourth-order valence-electron chi connectivity index (χ4n) is 6.30. The zero-order valence-electron chi connectivity index (χ0n) is 17.2. The van der Waals surface area contributed by atoms with Crippen molar-refractivity contribution in [1.29, 1.82) is 0 Å². The molecule has 1 aliphatic heterocycles. The highest BCUT2D eigenvalue weighted by molar-refractivity contribution is 5.78. The van der Waals surface area contributed by atoms with Crippen LogP contribution in [0, 0.1) is 23.2 Å². The Kier molecular flexibility index (Phi) is 5.75. The molecule has 4 fully saturated rings. The first-order valence-corrected chi connectivity index (χ1v) is 11.0. The Morgan fingerprint density at radius 3 is 2.79 bits per heavy atom. The van der Waals surface area contributed by atoms with E-state index in [1.165, 1.54) is 0 Å². The van der Waals surface area contributed by atoms with Crippen molar-refractivity contribution in [2.45, 2.75) is 64.5 Å². The predicted octanol–water partition coefficient (Wildman–Crippen LogP) is 3.75. The van der Waals surface area contributed by atoms with Gasteiger partial charge in [-0.3, -0.25) is 9.59 Å². The lowest BCUT2D eigenvalue weighted by molar-refractivity contribution is -0.158. The summed E-state index contributed by atoms with van der Waals surface area (Å²) in [7, 11) is 0. The van der Waals surface area contributed by atoms with Crippen LogP contribution in [-0.4, -0.2) is 35.7 Å². The van der Waals surface area contributed by atoms with Gasteiger partial charge in [0.25, 0.3) is 0 Å². The van der Waals surface area contributed by atoms with Crippen LogP contribution in [0.25, 0.3) is 0 Å². The van der Waals surface area contributed by atoms with E-state index in [0.29, 0.717) is 37.8 Å². The van der Waals surface area contributed by atoms with Gasteiger partial charge in [-0.1, -0.05) is 30.3 Å². The average molecular weight is 398 g/mol. The summed E-state index contributed by atoms with van der Waals surface area (Å²) in [4.78, 5) is 38.5. The fourth-order valence-corrected chi connectivity index (χ4v) is 6.30. The van der Waals surface area contributed by atoms with E-state index in [1.54, 1.807) is 0 Å². The highest BCUT2D eigenvalue weighted by atomic mass is 16.5. The van der Waals surface area contributed by atoms with Crippen LogP contribution < -0.4 is 0 Å². The molecule has 0 spiro atoms. The third-order valence-corrected chi connectivity index (χ3v) is 7.41. The Hall–Kier alpha value is -2.17.